The lowest BCUT2D eigenvalue weighted by Crippen LogP contribution is -2.41. The number of anilines is 1. The second-order valence-electron chi connectivity index (χ2n) is 4.58. The summed E-state index contributed by atoms with van der Waals surface area (Å²) in [6, 6.07) is 5.07. The average molecular weight is 269 g/mol. The van der Waals surface area contributed by atoms with Crippen LogP contribution in [0, 0.1) is 0 Å². The van der Waals surface area contributed by atoms with E-state index in [2.05, 4.69) is 0 Å². The third kappa shape index (κ3) is 2.44. The molecule has 1 saturated heterocycles. The highest BCUT2D eigenvalue weighted by molar-refractivity contribution is 6.33. The summed E-state index contributed by atoms with van der Waals surface area (Å²) in [4.78, 5) is 14.0. The number of nitrogens with zero attached hydrogens (tertiary/aromatic N) is 1. The molecule has 4 nitrogen and oxygen atoms in total. The Bertz CT molecular complexity index is 464. The van der Waals surface area contributed by atoms with Gasteiger partial charge in [-0.3, -0.25) is 4.79 Å². The van der Waals surface area contributed by atoms with Crippen LogP contribution in [0.5, 0.6) is 0 Å². The molecule has 1 fully saturated rings. The van der Waals surface area contributed by atoms with E-state index < -0.39 is 0 Å². The highest BCUT2D eigenvalue weighted by Gasteiger charge is 2.31. The molecule has 2 N–H and O–H groups in total. The Morgan fingerprint density at radius 3 is 2.83 bits per heavy atom. The largest absolute Gasteiger partial charge is 0.398 e. The lowest BCUT2D eigenvalue weighted by molar-refractivity contribution is 0.0574. The number of hydrogen-bond acceptors (Lipinski definition) is 3. The van der Waals surface area contributed by atoms with E-state index in [9.17, 15) is 4.79 Å². The quantitative estimate of drug-likeness (QED) is 0.837. The normalized spacial score (nSPS) is 23.1. The summed E-state index contributed by atoms with van der Waals surface area (Å²) >= 11 is 5.93. The van der Waals surface area contributed by atoms with Crippen LogP contribution in [-0.2, 0) is 4.74 Å². The van der Waals surface area contributed by atoms with E-state index in [4.69, 9.17) is 22.1 Å². The minimum atomic E-state index is -0.0562. The molecule has 0 aromatic heterocycles. The molecule has 0 aliphatic carbocycles. The van der Waals surface area contributed by atoms with Gasteiger partial charge in [0.05, 0.1) is 22.9 Å². The number of ether oxygens (including phenoxy) is 1. The van der Waals surface area contributed by atoms with Gasteiger partial charge in [-0.1, -0.05) is 11.6 Å². The number of carbonyl (C=O) groups excluding carboxylic acids is 1. The van der Waals surface area contributed by atoms with Crippen molar-refractivity contribution >= 4 is 23.2 Å². The second-order valence-corrected chi connectivity index (χ2v) is 4.99. The van der Waals surface area contributed by atoms with Crippen molar-refractivity contribution in [1.29, 1.82) is 0 Å². The Kier molecular flexibility index (Phi) is 3.78. The van der Waals surface area contributed by atoms with Crippen LogP contribution in [0.4, 0.5) is 5.69 Å². The fourth-order valence-electron chi connectivity index (χ4n) is 2.24. The van der Waals surface area contributed by atoms with Crippen LogP contribution in [0.15, 0.2) is 18.2 Å². The van der Waals surface area contributed by atoms with Crippen LogP contribution >= 0.6 is 11.6 Å². The first-order valence-corrected chi connectivity index (χ1v) is 6.32. The molecule has 0 saturated carbocycles. The lowest BCUT2D eigenvalue weighted by Gasteiger charge is -2.26. The van der Waals surface area contributed by atoms with Gasteiger partial charge in [-0.2, -0.15) is 0 Å². The predicted octanol–water partition coefficient (Wildman–Crippen LogP) is 2.17. The van der Waals surface area contributed by atoms with E-state index in [1.807, 2.05) is 6.92 Å². The number of halogens is 1. The predicted molar refractivity (Wildman–Crippen MR) is 71.8 cm³/mol. The Morgan fingerprint density at radius 1 is 1.56 bits per heavy atom. The number of nitrogens with two attached hydrogens (primary N) is 1. The molecule has 1 aromatic carbocycles. The number of likely N-dealkylation sites (N-methyl/N-ethyl adjacent to an activating group) is 1. The molecule has 1 aliphatic rings. The van der Waals surface area contributed by atoms with Crippen molar-refractivity contribution in [2.45, 2.75) is 25.5 Å². The third-order valence-electron chi connectivity index (χ3n) is 3.40. The number of benzene rings is 1. The maximum absolute atomic E-state index is 12.3. The van der Waals surface area contributed by atoms with Gasteiger partial charge in [0, 0.05) is 19.2 Å². The molecule has 0 spiro atoms. The zero-order valence-corrected chi connectivity index (χ0v) is 11.3. The number of nitrogen functional groups attached to an aromatic ring is 1. The molecule has 2 atom stereocenters. The molecule has 2 unspecified atom stereocenters. The Balaban J connectivity index is 2.17. The molecule has 2 rings (SSSR count). The molecule has 1 amide bonds. The first-order chi connectivity index (χ1) is 8.50. The van der Waals surface area contributed by atoms with Crippen molar-refractivity contribution in [1.82, 2.24) is 4.90 Å². The number of amides is 1. The summed E-state index contributed by atoms with van der Waals surface area (Å²) in [5.74, 6) is -0.0562. The minimum absolute atomic E-state index is 0.0562. The van der Waals surface area contributed by atoms with Crippen molar-refractivity contribution in [2.75, 3.05) is 19.4 Å². The van der Waals surface area contributed by atoms with Gasteiger partial charge in [0.25, 0.3) is 5.91 Å². The average Bonchev–Trinajstić information content (AvgIpc) is 2.77. The van der Waals surface area contributed by atoms with Crippen molar-refractivity contribution in [3.8, 4) is 0 Å². The van der Waals surface area contributed by atoms with Crippen LogP contribution in [0.25, 0.3) is 0 Å². The fourth-order valence-corrected chi connectivity index (χ4v) is 2.42. The molecule has 1 aliphatic heterocycles. The van der Waals surface area contributed by atoms with E-state index in [-0.39, 0.29) is 18.1 Å². The van der Waals surface area contributed by atoms with Crippen molar-refractivity contribution in [3.63, 3.8) is 0 Å². The minimum Gasteiger partial charge on any atom is -0.398 e. The van der Waals surface area contributed by atoms with Gasteiger partial charge in [-0.05, 0) is 31.5 Å². The molecule has 5 heteroatoms. The maximum atomic E-state index is 12.3. The highest BCUT2D eigenvalue weighted by atomic mass is 35.5. The monoisotopic (exact) mass is 268 g/mol. The van der Waals surface area contributed by atoms with Crippen molar-refractivity contribution < 1.29 is 9.53 Å². The maximum Gasteiger partial charge on any atom is 0.253 e. The fraction of sp³-hybridized carbons (Fsp3) is 0.462. The molecular formula is C13H17ClN2O2. The molecule has 1 heterocycles. The molecule has 18 heavy (non-hydrogen) atoms. The summed E-state index contributed by atoms with van der Waals surface area (Å²) in [6.45, 7) is 2.68. The van der Waals surface area contributed by atoms with Crippen LogP contribution in [0.1, 0.15) is 23.7 Å². The summed E-state index contributed by atoms with van der Waals surface area (Å²) in [5.41, 5.74) is 6.66. The van der Waals surface area contributed by atoms with Gasteiger partial charge < -0.3 is 15.4 Å². The van der Waals surface area contributed by atoms with Crippen LogP contribution in [0.2, 0.25) is 5.02 Å². The van der Waals surface area contributed by atoms with Gasteiger partial charge in [0.15, 0.2) is 0 Å². The summed E-state index contributed by atoms with van der Waals surface area (Å²) in [6.07, 6.45) is 0.940. The zero-order valence-electron chi connectivity index (χ0n) is 10.5. The van der Waals surface area contributed by atoms with Gasteiger partial charge in [0.2, 0.25) is 0 Å². The smallest absolute Gasteiger partial charge is 0.253 e. The number of rotatable bonds is 2. The molecule has 1 aromatic rings. The molecule has 0 bridgehead atoms. The standard InChI is InChI=1S/C13H17ClN2O2/c1-8-12(5-6-18-8)16(2)13(17)9-3-4-11(15)10(14)7-9/h3-4,7-8,12H,5-6,15H2,1-2H3. The number of hydrogen-bond donors (Lipinski definition) is 1. The summed E-state index contributed by atoms with van der Waals surface area (Å²) < 4.78 is 5.48. The zero-order chi connectivity index (χ0) is 13.3. The summed E-state index contributed by atoms with van der Waals surface area (Å²) in [5, 5.41) is 0.407. The molecule has 0 radical (unpaired) electrons. The summed E-state index contributed by atoms with van der Waals surface area (Å²) in [7, 11) is 1.79. The van der Waals surface area contributed by atoms with Gasteiger partial charge in [-0.25, -0.2) is 0 Å². The first kappa shape index (κ1) is 13.2. The van der Waals surface area contributed by atoms with Crippen molar-refractivity contribution in [2.24, 2.45) is 0 Å². The van der Waals surface area contributed by atoms with E-state index in [0.29, 0.717) is 22.9 Å². The van der Waals surface area contributed by atoms with Crippen LogP contribution in [0.3, 0.4) is 0 Å². The number of carbonyl (C=O) groups is 1. The lowest BCUT2D eigenvalue weighted by atomic mass is 10.1. The van der Waals surface area contributed by atoms with E-state index in [1.165, 1.54) is 0 Å². The van der Waals surface area contributed by atoms with Crippen LogP contribution in [-0.4, -0.2) is 36.6 Å². The van der Waals surface area contributed by atoms with E-state index >= 15 is 0 Å². The van der Waals surface area contributed by atoms with E-state index in [1.54, 1.807) is 30.1 Å². The van der Waals surface area contributed by atoms with Crippen molar-refractivity contribution in [3.05, 3.63) is 28.8 Å². The van der Waals surface area contributed by atoms with Gasteiger partial charge >= 0.3 is 0 Å². The second kappa shape index (κ2) is 5.16. The third-order valence-corrected chi connectivity index (χ3v) is 3.73. The molecule has 98 valence electrons. The topological polar surface area (TPSA) is 55.6 Å². The highest BCUT2D eigenvalue weighted by Crippen LogP contribution is 2.23. The Hall–Kier alpha value is -1.26. The Morgan fingerprint density at radius 2 is 2.28 bits per heavy atom. The molecular weight excluding hydrogens is 252 g/mol. The van der Waals surface area contributed by atoms with Gasteiger partial charge in [0.1, 0.15) is 0 Å². The Labute approximate surface area is 112 Å². The van der Waals surface area contributed by atoms with E-state index in [0.717, 1.165) is 6.42 Å². The first-order valence-electron chi connectivity index (χ1n) is 5.94. The SMILES string of the molecule is CC1OCCC1N(C)C(=O)c1ccc(N)c(Cl)c1. The van der Waals surface area contributed by atoms with Gasteiger partial charge in [-0.15, -0.1) is 0 Å². The van der Waals surface area contributed by atoms with Crippen LogP contribution < -0.4 is 5.73 Å².